The Morgan fingerprint density at radius 2 is 1.74 bits per heavy atom. The zero-order chi connectivity index (χ0) is 16.9. The van der Waals surface area contributed by atoms with E-state index in [0.717, 1.165) is 16.5 Å². The SMILES string of the molecule is CCOP(=O)(OCC)C(CC)Nc1ccc2ccccc2c1N. The summed E-state index contributed by atoms with van der Waals surface area (Å²) in [5, 5.41) is 5.30. The highest BCUT2D eigenvalue weighted by atomic mass is 31.2. The quantitative estimate of drug-likeness (QED) is 0.533. The van der Waals surface area contributed by atoms with Crippen LogP contribution in [0, 0.1) is 0 Å². The Bertz CT molecular complexity index is 695. The average Bonchev–Trinajstić information content (AvgIpc) is 2.55. The molecule has 0 aromatic heterocycles. The van der Waals surface area contributed by atoms with Crippen LogP contribution in [0.2, 0.25) is 0 Å². The summed E-state index contributed by atoms with van der Waals surface area (Å²) in [7, 11) is -3.24. The predicted octanol–water partition coefficient (Wildman–Crippen LogP) is 4.84. The molecule has 2 aromatic carbocycles. The summed E-state index contributed by atoms with van der Waals surface area (Å²) in [5.41, 5.74) is 7.66. The summed E-state index contributed by atoms with van der Waals surface area (Å²) in [6.07, 6.45) is 0.601. The first-order valence-corrected chi connectivity index (χ1v) is 9.59. The number of hydrogen-bond donors (Lipinski definition) is 2. The standard InChI is InChI=1S/C17H25N2O3P/c1-4-16(23(20,21-5-2)22-6-3)19-15-12-11-13-9-7-8-10-14(13)17(15)18/h7-12,16,19H,4-6,18H2,1-3H3. The highest BCUT2D eigenvalue weighted by Gasteiger charge is 2.34. The molecule has 1 atom stereocenters. The molecule has 0 aliphatic heterocycles. The normalized spacial score (nSPS) is 13.2. The van der Waals surface area contributed by atoms with Gasteiger partial charge in [-0.1, -0.05) is 37.3 Å². The molecular formula is C17H25N2O3P. The highest BCUT2D eigenvalue weighted by Crippen LogP contribution is 2.54. The molecule has 3 N–H and O–H groups in total. The van der Waals surface area contributed by atoms with Crippen LogP contribution in [0.4, 0.5) is 11.4 Å². The number of nitrogens with two attached hydrogens (primary N) is 1. The second kappa shape index (κ2) is 7.82. The van der Waals surface area contributed by atoms with E-state index in [1.165, 1.54) is 0 Å². The third-order valence-corrected chi connectivity index (χ3v) is 6.17. The summed E-state index contributed by atoms with van der Waals surface area (Å²) in [4.78, 5) is 0. The highest BCUT2D eigenvalue weighted by molar-refractivity contribution is 7.54. The molecule has 0 amide bonds. The van der Waals surface area contributed by atoms with Gasteiger partial charge in [-0.2, -0.15) is 0 Å². The van der Waals surface area contributed by atoms with Gasteiger partial charge in [0.15, 0.2) is 0 Å². The first kappa shape index (κ1) is 17.8. The maximum absolute atomic E-state index is 13.0. The van der Waals surface area contributed by atoms with Crippen LogP contribution < -0.4 is 11.1 Å². The van der Waals surface area contributed by atoms with Crippen LogP contribution in [0.1, 0.15) is 27.2 Å². The van der Waals surface area contributed by atoms with Gasteiger partial charge in [-0.05, 0) is 31.7 Å². The molecule has 0 heterocycles. The van der Waals surface area contributed by atoms with Gasteiger partial charge in [0.2, 0.25) is 0 Å². The maximum atomic E-state index is 13.0. The topological polar surface area (TPSA) is 73.6 Å². The van der Waals surface area contributed by atoms with Crippen LogP contribution >= 0.6 is 7.60 Å². The van der Waals surface area contributed by atoms with Gasteiger partial charge in [0.25, 0.3) is 0 Å². The van der Waals surface area contributed by atoms with Crippen molar-refractivity contribution in [2.24, 2.45) is 0 Å². The van der Waals surface area contributed by atoms with Gasteiger partial charge in [0.05, 0.1) is 24.6 Å². The fraction of sp³-hybridized carbons (Fsp3) is 0.412. The molecule has 0 saturated heterocycles. The lowest BCUT2D eigenvalue weighted by molar-refractivity contribution is 0.213. The lowest BCUT2D eigenvalue weighted by Crippen LogP contribution is -2.22. The molecule has 5 nitrogen and oxygen atoms in total. The molecule has 0 fully saturated rings. The van der Waals surface area contributed by atoms with E-state index in [9.17, 15) is 4.57 Å². The molecule has 0 radical (unpaired) electrons. The Hall–Kier alpha value is -1.55. The van der Waals surface area contributed by atoms with Crippen molar-refractivity contribution in [2.75, 3.05) is 24.3 Å². The van der Waals surface area contributed by atoms with Crippen molar-refractivity contribution in [2.45, 2.75) is 33.0 Å². The third kappa shape index (κ3) is 3.86. The average molecular weight is 336 g/mol. The minimum absolute atomic E-state index is 0.336. The number of benzene rings is 2. The summed E-state index contributed by atoms with van der Waals surface area (Å²) < 4.78 is 23.9. The van der Waals surface area contributed by atoms with Crippen molar-refractivity contribution < 1.29 is 13.6 Å². The van der Waals surface area contributed by atoms with Gasteiger partial charge in [-0.25, -0.2) is 0 Å². The number of nitrogens with one attached hydrogen (secondary N) is 1. The Morgan fingerprint density at radius 3 is 2.35 bits per heavy atom. The van der Waals surface area contributed by atoms with E-state index in [1.54, 1.807) is 0 Å². The fourth-order valence-electron chi connectivity index (χ4n) is 2.58. The van der Waals surface area contributed by atoms with E-state index in [0.29, 0.717) is 25.3 Å². The molecular weight excluding hydrogens is 311 g/mol. The van der Waals surface area contributed by atoms with Gasteiger partial charge in [-0.15, -0.1) is 0 Å². The molecule has 0 aliphatic rings. The molecule has 0 bridgehead atoms. The number of anilines is 2. The van der Waals surface area contributed by atoms with Crippen LogP contribution in [0.15, 0.2) is 36.4 Å². The predicted molar refractivity (Wildman–Crippen MR) is 96.9 cm³/mol. The number of fused-ring (bicyclic) bond motifs is 1. The smallest absolute Gasteiger partial charge is 0.352 e. The second-order valence-corrected chi connectivity index (χ2v) is 7.41. The minimum atomic E-state index is -3.24. The van der Waals surface area contributed by atoms with Crippen LogP contribution in [-0.2, 0) is 13.6 Å². The molecule has 23 heavy (non-hydrogen) atoms. The number of nitrogen functional groups attached to an aromatic ring is 1. The van der Waals surface area contributed by atoms with Crippen LogP contribution in [-0.4, -0.2) is 19.0 Å². The van der Waals surface area contributed by atoms with Crippen molar-refractivity contribution >= 4 is 29.7 Å². The lowest BCUT2D eigenvalue weighted by atomic mass is 10.1. The van der Waals surface area contributed by atoms with Gasteiger partial charge in [0, 0.05) is 5.39 Å². The molecule has 6 heteroatoms. The summed E-state index contributed by atoms with van der Waals surface area (Å²) in [5.74, 6) is -0.439. The third-order valence-electron chi connectivity index (χ3n) is 3.68. The van der Waals surface area contributed by atoms with Crippen molar-refractivity contribution in [3.63, 3.8) is 0 Å². The molecule has 2 rings (SSSR count). The monoisotopic (exact) mass is 336 g/mol. The molecule has 0 saturated carbocycles. The van der Waals surface area contributed by atoms with Crippen molar-refractivity contribution in [3.05, 3.63) is 36.4 Å². The minimum Gasteiger partial charge on any atom is -0.397 e. The molecule has 2 aromatic rings. The summed E-state index contributed by atoms with van der Waals surface area (Å²) in [6, 6.07) is 11.8. The van der Waals surface area contributed by atoms with Crippen molar-refractivity contribution in [3.8, 4) is 0 Å². The molecule has 0 aliphatic carbocycles. The van der Waals surface area contributed by atoms with E-state index in [1.807, 2.05) is 57.2 Å². The lowest BCUT2D eigenvalue weighted by Gasteiger charge is -2.27. The van der Waals surface area contributed by atoms with Gasteiger partial charge in [0.1, 0.15) is 5.78 Å². The van der Waals surface area contributed by atoms with Crippen LogP contribution in [0.25, 0.3) is 10.8 Å². The molecule has 126 valence electrons. The largest absolute Gasteiger partial charge is 0.397 e. The Labute approximate surface area is 137 Å². The molecule has 0 spiro atoms. The van der Waals surface area contributed by atoms with Crippen molar-refractivity contribution in [1.29, 1.82) is 0 Å². The second-order valence-electron chi connectivity index (χ2n) is 5.19. The van der Waals surface area contributed by atoms with Crippen molar-refractivity contribution in [1.82, 2.24) is 0 Å². The summed E-state index contributed by atoms with van der Waals surface area (Å²) in [6.45, 7) is 6.23. The van der Waals surface area contributed by atoms with E-state index in [-0.39, 0.29) is 0 Å². The van der Waals surface area contributed by atoms with Crippen LogP contribution in [0.5, 0.6) is 0 Å². The van der Waals surface area contributed by atoms with Gasteiger partial charge < -0.3 is 20.1 Å². The number of hydrogen-bond acceptors (Lipinski definition) is 5. The Kier molecular flexibility index (Phi) is 6.05. The van der Waals surface area contributed by atoms with Crippen LogP contribution in [0.3, 0.4) is 0 Å². The zero-order valence-corrected chi connectivity index (χ0v) is 14.8. The van der Waals surface area contributed by atoms with E-state index >= 15 is 0 Å². The van der Waals surface area contributed by atoms with Gasteiger partial charge in [-0.3, -0.25) is 4.57 Å². The first-order valence-electron chi connectivity index (χ1n) is 7.98. The van der Waals surface area contributed by atoms with E-state index < -0.39 is 13.4 Å². The zero-order valence-electron chi connectivity index (χ0n) is 13.9. The maximum Gasteiger partial charge on any atom is 0.352 e. The summed E-state index contributed by atoms with van der Waals surface area (Å²) >= 11 is 0. The van der Waals surface area contributed by atoms with Gasteiger partial charge >= 0.3 is 7.60 Å². The Balaban J connectivity index is 2.34. The Morgan fingerprint density at radius 1 is 1.09 bits per heavy atom. The van der Waals surface area contributed by atoms with E-state index in [4.69, 9.17) is 14.8 Å². The molecule has 1 unspecified atom stereocenters. The van der Waals surface area contributed by atoms with E-state index in [2.05, 4.69) is 5.32 Å². The number of rotatable bonds is 8. The first-order chi connectivity index (χ1) is 11.1. The fourth-order valence-corrected chi connectivity index (χ4v) is 4.48.